The number of rotatable bonds is 8. The summed E-state index contributed by atoms with van der Waals surface area (Å²) in [5.41, 5.74) is 1.84. The summed E-state index contributed by atoms with van der Waals surface area (Å²) in [5.74, 6) is 1.53. The third-order valence-electron chi connectivity index (χ3n) is 4.00. The van der Waals surface area contributed by atoms with E-state index in [0.717, 1.165) is 10.2 Å². The van der Waals surface area contributed by atoms with Crippen molar-refractivity contribution < 1.29 is 9.47 Å². The van der Waals surface area contributed by atoms with E-state index in [-0.39, 0.29) is 5.56 Å². The van der Waals surface area contributed by atoms with Gasteiger partial charge in [0.15, 0.2) is 5.16 Å². The zero-order valence-electron chi connectivity index (χ0n) is 15.3. The van der Waals surface area contributed by atoms with Crippen LogP contribution in [0.4, 0.5) is 0 Å². The van der Waals surface area contributed by atoms with Crippen molar-refractivity contribution in [2.45, 2.75) is 18.6 Å². The highest BCUT2D eigenvalue weighted by atomic mass is 79.9. The number of fused-ring (bicyclic) bond motifs is 1. The van der Waals surface area contributed by atoms with E-state index >= 15 is 0 Å². The van der Waals surface area contributed by atoms with Crippen molar-refractivity contribution in [1.82, 2.24) is 9.55 Å². The lowest BCUT2D eigenvalue weighted by atomic mass is 10.2. The Morgan fingerprint density at radius 2 is 1.93 bits per heavy atom. The minimum absolute atomic E-state index is 0.0553. The molecule has 0 spiro atoms. The molecule has 0 amide bonds. The first-order chi connectivity index (χ1) is 13.1. The zero-order valence-corrected chi connectivity index (χ0v) is 17.7. The first-order valence-electron chi connectivity index (χ1n) is 8.60. The fraction of sp³-hybridized carbons (Fsp3) is 0.300. The lowest BCUT2D eigenvalue weighted by molar-refractivity contribution is 0.183. The summed E-state index contributed by atoms with van der Waals surface area (Å²) < 4.78 is 13.5. The van der Waals surface area contributed by atoms with E-state index in [4.69, 9.17) is 9.47 Å². The van der Waals surface area contributed by atoms with Crippen LogP contribution in [0.3, 0.4) is 0 Å². The van der Waals surface area contributed by atoms with Gasteiger partial charge >= 0.3 is 0 Å². The van der Waals surface area contributed by atoms with Crippen molar-refractivity contribution in [2.24, 2.45) is 0 Å². The summed E-state index contributed by atoms with van der Waals surface area (Å²) >= 11 is 4.93. The number of aromatic nitrogens is 2. The predicted molar refractivity (Wildman–Crippen MR) is 113 cm³/mol. The molecule has 0 fully saturated rings. The molecule has 3 aromatic rings. The van der Waals surface area contributed by atoms with Crippen molar-refractivity contribution in [2.75, 3.05) is 26.1 Å². The summed E-state index contributed by atoms with van der Waals surface area (Å²) in [7, 11) is 1.62. The summed E-state index contributed by atoms with van der Waals surface area (Å²) in [5, 5.41) is 1.28. The molecule has 0 unspecified atom stereocenters. The number of benzene rings is 2. The molecule has 0 N–H and O–H groups in total. The lowest BCUT2D eigenvalue weighted by Gasteiger charge is -2.13. The van der Waals surface area contributed by atoms with Crippen LogP contribution in [-0.4, -0.2) is 35.6 Å². The molecule has 1 aromatic heterocycles. The van der Waals surface area contributed by atoms with Crippen LogP contribution in [0.2, 0.25) is 0 Å². The highest BCUT2D eigenvalue weighted by Crippen LogP contribution is 2.21. The van der Waals surface area contributed by atoms with Crippen LogP contribution in [-0.2, 0) is 11.3 Å². The van der Waals surface area contributed by atoms with Crippen molar-refractivity contribution >= 4 is 38.6 Å². The number of nitrogens with zero attached hydrogens (tertiary/aromatic N) is 2. The van der Waals surface area contributed by atoms with Gasteiger partial charge in [-0.2, -0.15) is 0 Å². The highest BCUT2D eigenvalue weighted by Gasteiger charge is 2.12. The summed E-state index contributed by atoms with van der Waals surface area (Å²) in [4.78, 5) is 17.6. The smallest absolute Gasteiger partial charge is 0.262 e. The van der Waals surface area contributed by atoms with E-state index in [2.05, 4.69) is 20.9 Å². The first-order valence-corrected chi connectivity index (χ1v) is 10.4. The number of halogens is 1. The second-order valence-electron chi connectivity index (χ2n) is 6.02. The van der Waals surface area contributed by atoms with E-state index in [9.17, 15) is 4.79 Å². The lowest BCUT2D eigenvalue weighted by Crippen LogP contribution is -2.25. The average molecular weight is 449 g/mol. The maximum absolute atomic E-state index is 12.9. The van der Waals surface area contributed by atoms with Gasteiger partial charge in [0, 0.05) is 17.3 Å². The molecule has 7 heteroatoms. The van der Waals surface area contributed by atoms with E-state index in [1.165, 1.54) is 17.3 Å². The number of ether oxygens (including phenoxy) is 2. The summed E-state index contributed by atoms with van der Waals surface area (Å²) in [6.45, 7) is 3.50. The maximum atomic E-state index is 12.9. The molecule has 0 aliphatic heterocycles. The summed E-state index contributed by atoms with van der Waals surface area (Å²) in [6, 6.07) is 13.5. The van der Waals surface area contributed by atoms with Crippen molar-refractivity contribution in [1.29, 1.82) is 0 Å². The minimum atomic E-state index is -0.0553. The Bertz CT molecular complexity index is 973. The van der Waals surface area contributed by atoms with Crippen molar-refractivity contribution in [3.63, 3.8) is 0 Å². The summed E-state index contributed by atoms with van der Waals surface area (Å²) in [6.07, 6.45) is 0. The van der Waals surface area contributed by atoms with Gasteiger partial charge in [-0.15, -0.1) is 0 Å². The molecular weight excluding hydrogens is 428 g/mol. The van der Waals surface area contributed by atoms with Gasteiger partial charge in [0.2, 0.25) is 0 Å². The predicted octanol–water partition coefficient (Wildman–Crippen LogP) is 4.28. The Morgan fingerprint density at radius 1 is 1.15 bits per heavy atom. The molecule has 0 saturated carbocycles. The SMILES string of the molecule is COCCn1c(SCCOc2ccc(C)cc2)nc2ccc(Br)cc2c1=O. The quantitative estimate of drug-likeness (QED) is 0.292. The molecule has 0 bridgehead atoms. The van der Waals surface area contributed by atoms with Crippen LogP contribution in [0.15, 0.2) is 56.9 Å². The van der Waals surface area contributed by atoms with E-state index in [1.807, 2.05) is 49.4 Å². The number of hydrogen-bond acceptors (Lipinski definition) is 5. The maximum Gasteiger partial charge on any atom is 0.262 e. The number of aryl methyl sites for hydroxylation is 1. The van der Waals surface area contributed by atoms with Gasteiger partial charge in [-0.05, 0) is 37.3 Å². The van der Waals surface area contributed by atoms with Gasteiger partial charge < -0.3 is 9.47 Å². The number of hydrogen-bond donors (Lipinski definition) is 0. The van der Waals surface area contributed by atoms with Gasteiger partial charge in [-0.1, -0.05) is 45.4 Å². The molecule has 0 saturated heterocycles. The second kappa shape index (κ2) is 9.39. The molecule has 0 aliphatic rings. The Labute approximate surface area is 170 Å². The zero-order chi connectivity index (χ0) is 19.2. The fourth-order valence-corrected chi connectivity index (χ4v) is 3.79. The molecule has 2 aromatic carbocycles. The number of thioether (sulfide) groups is 1. The highest BCUT2D eigenvalue weighted by molar-refractivity contribution is 9.10. The van der Waals surface area contributed by atoms with Crippen LogP contribution in [0.25, 0.3) is 10.9 Å². The second-order valence-corrected chi connectivity index (χ2v) is 7.99. The molecule has 5 nitrogen and oxygen atoms in total. The van der Waals surface area contributed by atoms with Gasteiger partial charge in [-0.25, -0.2) is 4.98 Å². The Kier molecular flexibility index (Phi) is 6.93. The van der Waals surface area contributed by atoms with Gasteiger partial charge in [0.1, 0.15) is 5.75 Å². The average Bonchev–Trinajstić information content (AvgIpc) is 2.67. The third kappa shape index (κ3) is 5.12. The molecule has 142 valence electrons. The van der Waals surface area contributed by atoms with Crippen molar-refractivity contribution in [3.8, 4) is 5.75 Å². The molecule has 27 heavy (non-hydrogen) atoms. The monoisotopic (exact) mass is 448 g/mol. The molecule has 3 rings (SSSR count). The fourth-order valence-electron chi connectivity index (χ4n) is 2.59. The van der Waals surface area contributed by atoms with E-state index in [1.54, 1.807) is 11.7 Å². The molecule has 0 radical (unpaired) electrons. The molecule has 0 atom stereocenters. The van der Waals surface area contributed by atoms with Crippen LogP contribution >= 0.6 is 27.7 Å². The minimum Gasteiger partial charge on any atom is -0.493 e. The Morgan fingerprint density at radius 3 is 2.67 bits per heavy atom. The van der Waals surface area contributed by atoms with Crippen LogP contribution < -0.4 is 10.3 Å². The van der Waals surface area contributed by atoms with Gasteiger partial charge in [0.25, 0.3) is 5.56 Å². The topological polar surface area (TPSA) is 53.4 Å². The van der Waals surface area contributed by atoms with Gasteiger partial charge in [-0.3, -0.25) is 9.36 Å². The largest absolute Gasteiger partial charge is 0.493 e. The molecule has 0 aliphatic carbocycles. The Hall–Kier alpha value is -1.83. The first kappa shape index (κ1) is 19.9. The number of methoxy groups -OCH3 is 1. The molecular formula is C20H21BrN2O3S. The normalized spacial score (nSPS) is 11.1. The Balaban J connectivity index is 1.76. The van der Waals surface area contributed by atoms with Crippen LogP contribution in [0.5, 0.6) is 5.75 Å². The van der Waals surface area contributed by atoms with Crippen LogP contribution in [0, 0.1) is 6.92 Å². The van der Waals surface area contributed by atoms with E-state index < -0.39 is 0 Å². The van der Waals surface area contributed by atoms with Crippen LogP contribution in [0.1, 0.15) is 5.56 Å². The third-order valence-corrected chi connectivity index (χ3v) is 5.44. The van der Waals surface area contributed by atoms with Crippen molar-refractivity contribution in [3.05, 3.63) is 62.9 Å². The standard InChI is InChI=1S/C20H21BrN2O3S/c1-14-3-6-16(7-4-14)26-11-12-27-20-22-18-8-5-15(21)13-17(18)19(24)23(20)9-10-25-2/h3-8,13H,9-12H2,1-2H3. The molecule has 1 heterocycles. The van der Waals surface area contributed by atoms with E-state index in [0.29, 0.717) is 41.6 Å². The van der Waals surface area contributed by atoms with Gasteiger partial charge in [0.05, 0.1) is 30.7 Å².